The van der Waals surface area contributed by atoms with E-state index < -0.39 is 29.9 Å². The van der Waals surface area contributed by atoms with Gasteiger partial charge >= 0.3 is 18.3 Å². The van der Waals surface area contributed by atoms with Crippen LogP contribution < -0.4 is 4.74 Å². The van der Waals surface area contributed by atoms with Crippen molar-refractivity contribution in [1.29, 1.82) is 0 Å². The van der Waals surface area contributed by atoms with E-state index in [1.165, 1.54) is 19.2 Å². The van der Waals surface area contributed by atoms with Crippen molar-refractivity contribution in [3.8, 4) is 5.75 Å². The molecule has 220 valence electrons. The molecule has 2 saturated heterocycles. The van der Waals surface area contributed by atoms with Crippen LogP contribution in [0.2, 0.25) is 0 Å². The highest BCUT2D eigenvalue weighted by molar-refractivity contribution is 5.89. The maximum absolute atomic E-state index is 14.3. The predicted octanol–water partition coefficient (Wildman–Crippen LogP) is 8.23. The first kappa shape index (κ1) is 29.0. The molecule has 2 aromatic carbocycles. The van der Waals surface area contributed by atoms with Crippen molar-refractivity contribution >= 4 is 16.7 Å². The topological polar surface area (TPSA) is 38.8 Å². The molecule has 5 rings (SSSR count). The van der Waals surface area contributed by atoms with Gasteiger partial charge in [0.15, 0.2) is 0 Å². The highest BCUT2D eigenvalue weighted by Crippen LogP contribution is 2.46. The van der Waals surface area contributed by atoms with E-state index >= 15 is 0 Å². The Bertz CT molecular complexity index is 1210. The van der Waals surface area contributed by atoms with Crippen LogP contribution >= 0.6 is 0 Å². The Balaban J connectivity index is 1.39. The SMILES string of the molecule is COC(=O)C1CC2CCCC(C1)N2[C@@H](C)c1ccc2c(C(F)(F)F)c(O[C@H]3CC[C@@H](C(F)(F)F)CC3)ccc2c1. The number of carbonyl (C=O) groups excluding carboxylic acids is 1. The summed E-state index contributed by atoms with van der Waals surface area (Å²) in [6.07, 6.45) is -5.42. The summed E-state index contributed by atoms with van der Waals surface area (Å²) in [7, 11) is 1.41. The molecule has 0 radical (unpaired) electrons. The van der Waals surface area contributed by atoms with Crippen LogP contribution in [0.1, 0.15) is 81.9 Å². The second-order valence-electron chi connectivity index (χ2n) is 11.6. The number of benzene rings is 2. The Hall–Kier alpha value is -2.49. The molecule has 1 saturated carbocycles. The molecular weight excluding hydrogens is 536 g/mol. The van der Waals surface area contributed by atoms with Crippen molar-refractivity contribution < 1.29 is 40.6 Å². The maximum atomic E-state index is 14.3. The molecule has 3 fully saturated rings. The first-order valence-electron chi connectivity index (χ1n) is 14.1. The molecule has 3 aliphatic rings. The Morgan fingerprint density at radius 1 is 0.925 bits per heavy atom. The summed E-state index contributed by atoms with van der Waals surface area (Å²) in [4.78, 5) is 14.6. The van der Waals surface area contributed by atoms with Gasteiger partial charge < -0.3 is 9.47 Å². The lowest BCUT2D eigenvalue weighted by molar-refractivity contribution is -0.185. The van der Waals surface area contributed by atoms with Gasteiger partial charge in [-0.3, -0.25) is 9.69 Å². The fourth-order valence-electron chi connectivity index (χ4n) is 7.25. The first-order chi connectivity index (χ1) is 18.9. The largest absolute Gasteiger partial charge is 0.490 e. The number of fused-ring (bicyclic) bond motifs is 3. The molecule has 2 unspecified atom stereocenters. The molecular formula is C30H35F6NO3. The third-order valence-corrected chi connectivity index (χ3v) is 9.22. The van der Waals surface area contributed by atoms with Crippen LogP contribution in [-0.2, 0) is 15.7 Å². The van der Waals surface area contributed by atoms with E-state index in [0.29, 0.717) is 18.2 Å². The van der Waals surface area contributed by atoms with E-state index in [1.54, 1.807) is 18.2 Å². The molecule has 0 aromatic heterocycles. The third kappa shape index (κ3) is 5.78. The first-order valence-corrected chi connectivity index (χ1v) is 14.1. The van der Waals surface area contributed by atoms with Crippen LogP contribution in [0.25, 0.3) is 10.8 Å². The monoisotopic (exact) mass is 571 g/mol. The van der Waals surface area contributed by atoms with Crippen LogP contribution in [-0.4, -0.2) is 42.3 Å². The van der Waals surface area contributed by atoms with Gasteiger partial charge in [-0.15, -0.1) is 0 Å². The molecule has 4 nitrogen and oxygen atoms in total. The van der Waals surface area contributed by atoms with E-state index in [1.807, 2.05) is 0 Å². The number of halogens is 6. The smallest absolute Gasteiger partial charge is 0.420 e. The fourth-order valence-corrected chi connectivity index (χ4v) is 7.25. The number of methoxy groups -OCH3 is 1. The van der Waals surface area contributed by atoms with Gasteiger partial charge in [0.2, 0.25) is 0 Å². The minimum atomic E-state index is -4.70. The minimum absolute atomic E-state index is 0.00882. The summed E-state index contributed by atoms with van der Waals surface area (Å²) in [5.74, 6) is -2.08. The Morgan fingerprint density at radius 2 is 1.57 bits per heavy atom. The highest BCUT2D eigenvalue weighted by Gasteiger charge is 2.44. The number of rotatable bonds is 5. The Kier molecular flexibility index (Phi) is 8.03. The van der Waals surface area contributed by atoms with E-state index in [2.05, 4.69) is 11.8 Å². The number of esters is 1. The lowest BCUT2D eigenvalue weighted by Crippen LogP contribution is -2.54. The number of hydrogen-bond acceptors (Lipinski definition) is 4. The third-order valence-electron chi connectivity index (χ3n) is 9.22. The van der Waals surface area contributed by atoms with Crippen molar-refractivity contribution in [2.24, 2.45) is 11.8 Å². The fraction of sp³-hybridized carbons (Fsp3) is 0.633. The van der Waals surface area contributed by atoms with Crippen molar-refractivity contribution in [3.63, 3.8) is 0 Å². The number of alkyl halides is 6. The van der Waals surface area contributed by atoms with E-state index in [4.69, 9.17) is 9.47 Å². The zero-order chi connectivity index (χ0) is 28.8. The molecule has 0 spiro atoms. The normalized spacial score (nSPS) is 28.8. The van der Waals surface area contributed by atoms with E-state index in [9.17, 15) is 31.1 Å². The van der Waals surface area contributed by atoms with Crippen LogP contribution in [0, 0.1) is 11.8 Å². The quantitative estimate of drug-likeness (QED) is 0.268. The molecule has 2 bridgehead atoms. The molecule has 2 aromatic rings. The lowest BCUT2D eigenvalue weighted by atomic mass is 9.77. The molecule has 2 aliphatic heterocycles. The van der Waals surface area contributed by atoms with Crippen molar-refractivity contribution in [1.82, 2.24) is 4.90 Å². The van der Waals surface area contributed by atoms with Crippen LogP contribution in [0.3, 0.4) is 0 Å². The number of hydrogen-bond donors (Lipinski definition) is 0. The average molecular weight is 572 g/mol. The zero-order valence-corrected chi connectivity index (χ0v) is 22.7. The number of nitrogens with zero attached hydrogens (tertiary/aromatic N) is 1. The maximum Gasteiger partial charge on any atom is 0.420 e. The standard InChI is InChI=1S/C30H35F6NO3/c1-17(37-22-4-3-5-23(37)16-20(15-22)28(38)39-2)18-6-12-25-19(14-18)7-13-26(27(25)30(34,35)36)40-24-10-8-21(9-11-24)29(31,32)33/h6-7,12-14,17,20-24H,3-5,8-11,15-16H2,1-2H3/t17-,20?,21-,22?,23?,24+/m0/s1. The molecule has 0 amide bonds. The molecule has 2 heterocycles. The summed E-state index contributed by atoms with van der Waals surface area (Å²) in [6.45, 7) is 2.06. The predicted molar refractivity (Wildman–Crippen MR) is 138 cm³/mol. The Morgan fingerprint density at radius 3 is 2.15 bits per heavy atom. The van der Waals surface area contributed by atoms with Gasteiger partial charge in [-0.2, -0.15) is 26.3 Å². The number of carbonyl (C=O) groups is 1. The van der Waals surface area contributed by atoms with Gasteiger partial charge in [0.25, 0.3) is 0 Å². The summed E-state index contributed by atoms with van der Waals surface area (Å²) in [5.41, 5.74) is 0.00564. The van der Waals surface area contributed by atoms with Crippen molar-refractivity contribution in [3.05, 3.63) is 41.5 Å². The van der Waals surface area contributed by atoms with Crippen LogP contribution in [0.4, 0.5) is 26.3 Å². The molecule has 40 heavy (non-hydrogen) atoms. The highest BCUT2D eigenvalue weighted by atomic mass is 19.4. The lowest BCUT2D eigenvalue weighted by Gasteiger charge is -2.51. The van der Waals surface area contributed by atoms with Gasteiger partial charge in [0.1, 0.15) is 11.3 Å². The summed E-state index contributed by atoms with van der Waals surface area (Å²) in [5, 5.41) is 0.439. The second kappa shape index (κ2) is 11.1. The average Bonchev–Trinajstić information content (AvgIpc) is 2.90. The summed E-state index contributed by atoms with van der Waals surface area (Å²) >= 11 is 0. The zero-order valence-electron chi connectivity index (χ0n) is 22.7. The van der Waals surface area contributed by atoms with Crippen LogP contribution in [0.15, 0.2) is 30.3 Å². The van der Waals surface area contributed by atoms with Gasteiger partial charge in [-0.05, 0) is 86.8 Å². The Labute approximate surface area is 230 Å². The molecule has 1 aliphatic carbocycles. The number of ether oxygens (including phenoxy) is 2. The van der Waals surface area contributed by atoms with Gasteiger partial charge in [-0.1, -0.05) is 24.6 Å². The molecule has 0 N–H and O–H groups in total. The van der Waals surface area contributed by atoms with Gasteiger partial charge in [0, 0.05) is 18.1 Å². The molecule has 3 atom stereocenters. The van der Waals surface area contributed by atoms with Crippen molar-refractivity contribution in [2.45, 2.75) is 101 Å². The van der Waals surface area contributed by atoms with Crippen LogP contribution in [0.5, 0.6) is 5.75 Å². The number of piperidine rings is 2. The van der Waals surface area contributed by atoms with Gasteiger partial charge in [0.05, 0.1) is 25.0 Å². The summed E-state index contributed by atoms with van der Waals surface area (Å²) < 4.78 is 92.7. The van der Waals surface area contributed by atoms with Crippen molar-refractivity contribution in [2.75, 3.05) is 7.11 Å². The van der Waals surface area contributed by atoms with Gasteiger partial charge in [-0.25, -0.2) is 0 Å². The summed E-state index contributed by atoms with van der Waals surface area (Å²) in [6, 6.07) is 8.25. The van der Waals surface area contributed by atoms with E-state index in [-0.39, 0.29) is 66.8 Å². The minimum Gasteiger partial charge on any atom is -0.490 e. The second-order valence-corrected chi connectivity index (χ2v) is 11.6. The molecule has 10 heteroatoms. The van der Waals surface area contributed by atoms with E-state index in [0.717, 1.165) is 24.8 Å².